The van der Waals surface area contributed by atoms with Crippen molar-refractivity contribution in [2.45, 2.75) is 57.5 Å². The van der Waals surface area contributed by atoms with Crippen LogP contribution in [0.5, 0.6) is 0 Å². The number of rotatable bonds is 6. The van der Waals surface area contributed by atoms with Gasteiger partial charge in [0.25, 0.3) is 0 Å². The van der Waals surface area contributed by atoms with E-state index in [-0.39, 0.29) is 11.8 Å². The van der Waals surface area contributed by atoms with Crippen LogP contribution in [0, 0.1) is 5.92 Å². The quantitative estimate of drug-likeness (QED) is 0.522. The van der Waals surface area contributed by atoms with Crippen molar-refractivity contribution < 1.29 is 9.53 Å². The van der Waals surface area contributed by atoms with Crippen molar-refractivity contribution in [2.75, 3.05) is 44.7 Å². The fraction of sp³-hybridized carbons (Fsp3) is 0.567. The van der Waals surface area contributed by atoms with Crippen molar-refractivity contribution in [3.8, 4) is 11.1 Å². The number of carbonyl (C=O) groups excluding carboxylic acids is 1. The molecule has 3 fully saturated rings. The number of ether oxygens (including phenoxy) is 1. The maximum atomic E-state index is 13.1. The first-order chi connectivity index (χ1) is 18.6. The number of carbonyl (C=O) groups is 1. The first-order valence-corrected chi connectivity index (χ1v) is 14.4. The summed E-state index contributed by atoms with van der Waals surface area (Å²) in [6.07, 6.45) is 11.8. The number of likely N-dealkylation sites (tertiary alicyclic amines) is 1. The zero-order chi connectivity index (χ0) is 25.9. The highest BCUT2D eigenvalue weighted by Crippen LogP contribution is 2.31. The highest BCUT2D eigenvalue weighted by atomic mass is 16.5. The molecule has 4 heterocycles. The maximum Gasteiger partial charge on any atom is 0.228 e. The van der Waals surface area contributed by atoms with Gasteiger partial charge in [0.05, 0.1) is 25.1 Å². The molecule has 38 heavy (non-hydrogen) atoms. The summed E-state index contributed by atoms with van der Waals surface area (Å²) >= 11 is 0. The van der Waals surface area contributed by atoms with E-state index < -0.39 is 0 Å². The number of piperidine rings is 1. The fourth-order valence-corrected chi connectivity index (χ4v) is 6.47. The van der Waals surface area contributed by atoms with Crippen LogP contribution >= 0.6 is 0 Å². The highest BCUT2D eigenvalue weighted by molar-refractivity contribution is 5.95. The zero-order valence-corrected chi connectivity index (χ0v) is 22.6. The molecule has 0 radical (unpaired) electrons. The highest BCUT2D eigenvalue weighted by Gasteiger charge is 2.30. The third-order valence-corrected chi connectivity index (χ3v) is 8.80. The molecule has 1 aromatic carbocycles. The van der Waals surface area contributed by atoms with Gasteiger partial charge in [0.2, 0.25) is 5.91 Å². The molecular weight excluding hydrogens is 476 g/mol. The average molecular weight is 517 g/mol. The average Bonchev–Trinajstić information content (AvgIpc) is 3.33. The van der Waals surface area contributed by atoms with Gasteiger partial charge in [-0.05, 0) is 74.7 Å². The summed E-state index contributed by atoms with van der Waals surface area (Å²) in [4.78, 5) is 22.7. The predicted octanol–water partition coefficient (Wildman–Crippen LogP) is 4.45. The number of hydrogen-bond donors (Lipinski definition) is 1. The second-order valence-corrected chi connectivity index (χ2v) is 11.2. The van der Waals surface area contributed by atoms with Crippen molar-refractivity contribution in [3.05, 3.63) is 42.4 Å². The summed E-state index contributed by atoms with van der Waals surface area (Å²) in [5.74, 6) is 0.794. The van der Waals surface area contributed by atoms with Crippen LogP contribution in [0.1, 0.15) is 50.6 Å². The standard InChI is InChI=1S/C30H40N6O2/c1-34-28(21-35-11-3-2-4-12-35)27(20-32-34)23-5-6-24-19-31-29(18-25(24)17-23)33-30(37)22-7-9-26(10-8-22)36-13-15-38-16-14-36/h5-6,17-20,22,26H,2-4,7-16,21H2,1H3,(H,31,33,37)/t22-,26-. The molecule has 0 spiro atoms. The molecule has 8 heteroatoms. The van der Waals surface area contributed by atoms with Gasteiger partial charge in [-0.3, -0.25) is 19.3 Å². The van der Waals surface area contributed by atoms with E-state index in [1.807, 2.05) is 30.2 Å². The van der Waals surface area contributed by atoms with Gasteiger partial charge in [-0.2, -0.15) is 5.10 Å². The van der Waals surface area contributed by atoms with Crippen LogP contribution in [0.4, 0.5) is 5.82 Å². The summed E-state index contributed by atoms with van der Waals surface area (Å²) in [6, 6.07) is 9.08. The van der Waals surface area contributed by atoms with E-state index >= 15 is 0 Å². The number of pyridine rings is 1. The van der Waals surface area contributed by atoms with Crippen LogP contribution in [0.25, 0.3) is 21.9 Å². The minimum absolute atomic E-state index is 0.0591. The summed E-state index contributed by atoms with van der Waals surface area (Å²) < 4.78 is 7.51. The summed E-state index contributed by atoms with van der Waals surface area (Å²) in [6.45, 7) is 6.94. The Balaban J connectivity index is 1.13. The monoisotopic (exact) mass is 516 g/mol. The van der Waals surface area contributed by atoms with E-state index in [0.29, 0.717) is 11.9 Å². The van der Waals surface area contributed by atoms with Gasteiger partial charge in [0.1, 0.15) is 5.82 Å². The molecule has 1 aliphatic carbocycles. The van der Waals surface area contributed by atoms with E-state index in [0.717, 1.165) is 88.0 Å². The number of aryl methyl sites for hydroxylation is 1. The lowest BCUT2D eigenvalue weighted by atomic mass is 9.84. The van der Waals surface area contributed by atoms with Crippen LogP contribution in [-0.2, 0) is 23.1 Å². The second kappa shape index (κ2) is 11.5. The Morgan fingerprint density at radius 2 is 1.76 bits per heavy atom. The lowest BCUT2D eigenvalue weighted by Gasteiger charge is -2.38. The number of nitrogens with zero attached hydrogens (tertiary/aromatic N) is 5. The molecule has 3 aliphatic rings. The van der Waals surface area contributed by atoms with E-state index in [1.165, 1.54) is 30.5 Å². The molecule has 0 atom stereocenters. The Bertz CT molecular complexity index is 1250. The zero-order valence-electron chi connectivity index (χ0n) is 22.6. The summed E-state index contributed by atoms with van der Waals surface area (Å²) in [7, 11) is 2.04. The Morgan fingerprint density at radius 1 is 0.974 bits per heavy atom. The van der Waals surface area contributed by atoms with Crippen molar-refractivity contribution in [3.63, 3.8) is 0 Å². The number of anilines is 1. The third kappa shape index (κ3) is 5.63. The Hall–Kier alpha value is -2.81. The smallest absolute Gasteiger partial charge is 0.228 e. The van der Waals surface area contributed by atoms with Crippen molar-refractivity contribution >= 4 is 22.5 Å². The molecular formula is C30H40N6O2. The molecule has 2 saturated heterocycles. The van der Waals surface area contributed by atoms with E-state index in [4.69, 9.17) is 4.74 Å². The van der Waals surface area contributed by atoms with Gasteiger partial charge in [-0.15, -0.1) is 0 Å². The van der Waals surface area contributed by atoms with Crippen molar-refractivity contribution in [1.29, 1.82) is 0 Å². The molecule has 1 amide bonds. The molecule has 1 N–H and O–H groups in total. The second-order valence-electron chi connectivity index (χ2n) is 11.2. The number of hydrogen-bond acceptors (Lipinski definition) is 6. The number of fused-ring (bicyclic) bond motifs is 1. The van der Waals surface area contributed by atoms with E-state index in [2.05, 4.69) is 43.4 Å². The van der Waals surface area contributed by atoms with Crippen molar-refractivity contribution in [2.24, 2.45) is 13.0 Å². The lowest BCUT2D eigenvalue weighted by Crippen LogP contribution is -2.45. The van der Waals surface area contributed by atoms with Gasteiger partial charge >= 0.3 is 0 Å². The minimum Gasteiger partial charge on any atom is -0.379 e. The lowest BCUT2D eigenvalue weighted by molar-refractivity contribution is -0.121. The Labute approximate surface area is 225 Å². The molecule has 6 rings (SSSR count). The van der Waals surface area contributed by atoms with E-state index in [9.17, 15) is 4.79 Å². The first-order valence-electron chi connectivity index (χ1n) is 14.4. The van der Waals surface area contributed by atoms with Gasteiger partial charge in [-0.1, -0.05) is 18.6 Å². The van der Waals surface area contributed by atoms with Crippen molar-refractivity contribution in [1.82, 2.24) is 24.6 Å². The molecule has 0 unspecified atom stereocenters. The van der Waals surface area contributed by atoms with Crippen LogP contribution in [0.15, 0.2) is 36.7 Å². The first kappa shape index (κ1) is 25.5. The summed E-state index contributed by atoms with van der Waals surface area (Å²) in [5.41, 5.74) is 3.59. The SMILES string of the molecule is Cn1ncc(-c2ccc3cnc(NC(=O)[C@H]4CC[C@H](N5CCOCC5)CC4)cc3c2)c1CN1CCCCC1. The Kier molecular flexibility index (Phi) is 7.72. The largest absolute Gasteiger partial charge is 0.379 e. The minimum atomic E-state index is 0.0591. The number of morpholine rings is 1. The normalized spacial score (nSPS) is 23.5. The summed E-state index contributed by atoms with van der Waals surface area (Å²) in [5, 5.41) is 9.86. The van der Waals surface area contributed by atoms with Crippen LogP contribution in [0.2, 0.25) is 0 Å². The van der Waals surface area contributed by atoms with Crippen LogP contribution in [0.3, 0.4) is 0 Å². The van der Waals surface area contributed by atoms with Gasteiger partial charge in [0.15, 0.2) is 0 Å². The molecule has 2 aromatic heterocycles. The molecule has 8 nitrogen and oxygen atoms in total. The molecule has 1 saturated carbocycles. The topological polar surface area (TPSA) is 75.5 Å². The number of benzene rings is 1. The molecule has 2 aliphatic heterocycles. The number of nitrogens with one attached hydrogen (secondary N) is 1. The molecule has 3 aromatic rings. The molecule has 0 bridgehead atoms. The van der Waals surface area contributed by atoms with Gasteiger partial charge in [0, 0.05) is 55.8 Å². The van der Waals surface area contributed by atoms with Gasteiger partial charge < -0.3 is 10.1 Å². The van der Waals surface area contributed by atoms with Crippen LogP contribution < -0.4 is 5.32 Å². The predicted molar refractivity (Wildman–Crippen MR) is 150 cm³/mol. The maximum absolute atomic E-state index is 13.1. The Morgan fingerprint density at radius 3 is 2.55 bits per heavy atom. The molecule has 202 valence electrons. The van der Waals surface area contributed by atoms with Gasteiger partial charge in [-0.25, -0.2) is 4.98 Å². The van der Waals surface area contributed by atoms with E-state index in [1.54, 1.807) is 0 Å². The fourth-order valence-electron chi connectivity index (χ4n) is 6.47. The van der Waals surface area contributed by atoms with Crippen LogP contribution in [-0.4, -0.2) is 75.9 Å². The third-order valence-electron chi connectivity index (χ3n) is 8.80. The number of amides is 1. The number of aromatic nitrogens is 3.